The van der Waals surface area contributed by atoms with Gasteiger partial charge in [0.1, 0.15) is 12.7 Å². The molecule has 84 valence electrons. The maximum atomic E-state index is 11.3. The molecule has 1 saturated heterocycles. The lowest BCUT2D eigenvalue weighted by atomic mass is 9.93. The van der Waals surface area contributed by atoms with E-state index in [2.05, 4.69) is 10.1 Å². The van der Waals surface area contributed by atoms with Crippen molar-refractivity contribution in [3.05, 3.63) is 12.7 Å². The summed E-state index contributed by atoms with van der Waals surface area (Å²) >= 11 is 0. The van der Waals surface area contributed by atoms with E-state index in [0.29, 0.717) is 19.4 Å². The molecule has 1 fully saturated rings. The summed E-state index contributed by atoms with van der Waals surface area (Å²) in [6.45, 7) is 0.395. The summed E-state index contributed by atoms with van der Waals surface area (Å²) in [5.41, 5.74) is 5.38. The maximum absolute atomic E-state index is 11.3. The van der Waals surface area contributed by atoms with E-state index in [1.807, 2.05) is 0 Å². The van der Waals surface area contributed by atoms with Gasteiger partial charge in [0.05, 0.1) is 17.0 Å². The second-order valence-electron chi connectivity index (χ2n) is 3.92. The van der Waals surface area contributed by atoms with Gasteiger partial charge in [-0.3, -0.25) is 0 Å². The van der Waals surface area contributed by atoms with Gasteiger partial charge in [0.15, 0.2) is 9.84 Å². The molecule has 1 aliphatic heterocycles. The van der Waals surface area contributed by atoms with E-state index in [9.17, 15) is 8.42 Å². The highest BCUT2D eigenvalue weighted by atomic mass is 32.2. The Morgan fingerprint density at radius 1 is 1.40 bits per heavy atom. The van der Waals surface area contributed by atoms with Gasteiger partial charge in [-0.2, -0.15) is 5.10 Å². The van der Waals surface area contributed by atoms with Gasteiger partial charge in [-0.15, -0.1) is 0 Å². The molecule has 1 aromatic rings. The molecule has 6 nitrogen and oxygen atoms in total. The van der Waals surface area contributed by atoms with Gasteiger partial charge in [0.2, 0.25) is 0 Å². The molecular formula is C8H14N4O2S. The highest BCUT2D eigenvalue weighted by Gasteiger charge is 2.38. The van der Waals surface area contributed by atoms with E-state index in [4.69, 9.17) is 5.73 Å². The van der Waals surface area contributed by atoms with Crippen molar-refractivity contribution in [2.45, 2.75) is 18.4 Å². The quantitative estimate of drug-likeness (QED) is 0.714. The van der Waals surface area contributed by atoms with Crippen molar-refractivity contribution in [3.8, 4) is 0 Å². The summed E-state index contributed by atoms with van der Waals surface area (Å²) in [6, 6.07) is 0. The van der Waals surface area contributed by atoms with Gasteiger partial charge in [-0.05, 0) is 12.8 Å². The van der Waals surface area contributed by atoms with Crippen LogP contribution in [0.1, 0.15) is 12.8 Å². The third-order valence-electron chi connectivity index (χ3n) is 3.04. The first kappa shape index (κ1) is 10.6. The van der Waals surface area contributed by atoms with Crippen molar-refractivity contribution in [2.75, 3.05) is 18.1 Å². The number of aromatic nitrogens is 3. The highest BCUT2D eigenvalue weighted by molar-refractivity contribution is 7.91. The number of hydrogen-bond acceptors (Lipinski definition) is 5. The SMILES string of the molecule is NCC1(n2cncn2)CCS(=O)(=O)CC1. The zero-order chi connectivity index (χ0) is 10.9. The Balaban J connectivity index is 2.26. The van der Waals surface area contributed by atoms with Gasteiger partial charge in [0, 0.05) is 6.54 Å². The normalized spacial score (nSPS) is 23.8. The fraction of sp³-hybridized carbons (Fsp3) is 0.750. The predicted molar refractivity (Wildman–Crippen MR) is 54.9 cm³/mol. The van der Waals surface area contributed by atoms with Crippen molar-refractivity contribution in [2.24, 2.45) is 5.73 Å². The molecule has 1 aromatic heterocycles. The van der Waals surface area contributed by atoms with Gasteiger partial charge in [0.25, 0.3) is 0 Å². The van der Waals surface area contributed by atoms with Crippen molar-refractivity contribution >= 4 is 9.84 Å². The van der Waals surface area contributed by atoms with Crippen molar-refractivity contribution < 1.29 is 8.42 Å². The van der Waals surface area contributed by atoms with Crippen molar-refractivity contribution in [1.29, 1.82) is 0 Å². The minimum absolute atomic E-state index is 0.185. The topological polar surface area (TPSA) is 90.9 Å². The van der Waals surface area contributed by atoms with E-state index < -0.39 is 9.84 Å². The van der Waals surface area contributed by atoms with Crippen molar-refractivity contribution in [3.63, 3.8) is 0 Å². The Labute approximate surface area is 88.4 Å². The highest BCUT2D eigenvalue weighted by Crippen LogP contribution is 2.29. The van der Waals surface area contributed by atoms with Crippen LogP contribution in [0.25, 0.3) is 0 Å². The summed E-state index contributed by atoms with van der Waals surface area (Å²) < 4.78 is 24.4. The molecule has 0 atom stereocenters. The first-order chi connectivity index (χ1) is 7.08. The molecule has 0 spiro atoms. The minimum atomic E-state index is -2.87. The molecule has 0 amide bonds. The van der Waals surface area contributed by atoms with Gasteiger partial charge >= 0.3 is 0 Å². The average molecular weight is 230 g/mol. The molecule has 2 rings (SSSR count). The Hall–Kier alpha value is -0.950. The molecule has 15 heavy (non-hydrogen) atoms. The number of sulfone groups is 1. The van der Waals surface area contributed by atoms with Gasteiger partial charge in [-0.1, -0.05) is 0 Å². The number of nitrogens with two attached hydrogens (primary N) is 1. The van der Waals surface area contributed by atoms with Crippen LogP contribution in [0.4, 0.5) is 0 Å². The van der Waals surface area contributed by atoms with E-state index >= 15 is 0 Å². The minimum Gasteiger partial charge on any atom is -0.328 e. The summed E-state index contributed by atoms with van der Waals surface area (Å²) in [5.74, 6) is 0.369. The third kappa shape index (κ3) is 1.89. The molecule has 0 aliphatic carbocycles. The summed E-state index contributed by atoms with van der Waals surface area (Å²) in [7, 11) is -2.87. The van der Waals surface area contributed by atoms with Crippen LogP contribution in [-0.2, 0) is 15.4 Å². The standard InChI is InChI=1S/C8H14N4O2S/c9-5-8(12-7-10-6-11-12)1-3-15(13,14)4-2-8/h6-7H,1-5,9H2. The monoisotopic (exact) mass is 230 g/mol. The molecule has 2 N–H and O–H groups in total. The van der Waals surface area contributed by atoms with Crippen LogP contribution in [-0.4, -0.2) is 41.2 Å². The molecule has 0 unspecified atom stereocenters. The van der Waals surface area contributed by atoms with Crippen LogP contribution >= 0.6 is 0 Å². The average Bonchev–Trinajstić information content (AvgIpc) is 2.72. The molecule has 0 radical (unpaired) electrons. The predicted octanol–water partition coefficient (Wildman–Crippen LogP) is -0.859. The Morgan fingerprint density at radius 2 is 2.07 bits per heavy atom. The number of rotatable bonds is 2. The van der Waals surface area contributed by atoms with E-state index in [0.717, 1.165) is 0 Å². The molecule has 0 bridgehead atoms. The molecule has 0 aromatic carbocycles. The zero-order valence-corrected chi connectivity index (χ0v) is 9.15. The first-order valence-electron chi connectivity index (χ1n) is 4.84. The smallest absolute Gasteiger partial charge is 0.150 e. The number of nitrogens with zero attached hydrogens (tertiary/aromatic N) is 3. The second-order valence-corrected chi connectivity index (χ2v) is 6.22. The molecule has 2 heterocycles. The van der Waals surface area contributed by atoms with Crippen LogP contribution in [0.2, 0.25) is 0 Å². The Bertz CT molecular complexity index is 412. The maximum Gasteiger partial charge on any atom is 0.150 e. The van der Waals surface area contributed by atoms with Crippen LogP contribution in [0.3, 0.4) is 0 Å². The lowest BCUT2D eigenvalue weighted by molar-refractivity contribution is 0.237. The fourth-order valence-electron chi connectivity index (χ4n) is 1.90. The third-order valence-corrected chi connectivity index (χ3v) is 4.69. The lowest BCUT2D eigenvalue weighted by Gasteiger charge is -2.35. The van der Waals surface area contributed by atoms with Gasteiger partial charge in [-0.25, -0.2) is 18.1 Å². The second kappa shape index (κ2) is 3.57. The molecular weight excluding hydrogens is 216 g/mol. The summed E-state index contributed by atoms with van der Waals surface area (Å²) in [6.07, 6.45) is 4.09. The summed E-state index contributed by atoms with van der Waals surface area (Å²) in [4.78, 5) is 3.87. The van der Waals surface area contributed by atoms with Crippen LogP contribution in [0.5, 0.6) is 0 Å². The first-order valence-corrected chi connectivity index (χ1v) is 6.66. The molecule has 7 heteroatoms. The zero-order valence-electron chi connectivity index (χ0n) is 8.33. The van der Waals surface area contributed by atoms with Crippen LogP contribution in [0, 0.1) is 0 Å². The molecule has 0 saturated carbocycles. The summed E-state index contributed by atoms with van der Waals surface area (Å²) in [5, 5.41) is 4.06. The largest absolute Gasteiger partial charge is 0.328 e. The fourth-order valence-corrected chi connectivity index (χ4v) is 3.48. The van der Waals surface area contributed by atoms with E-state index in [1.165, 1.54) is 6.33 Å². The number of hydrogen-bond donors (Lipinski definition) is 1. The van der Waals surface area contributed by atoms with E-state index in [1.54, 1.807) is 11.0 Å². The van der Waals surface area contributed by atoms with Gasteiger partial charge < -0.3 is 5.73 Å². The van der Waals surface area contributed by atoms with Crippen molar-refractivity contribution in [1.82, 2.24) is 14.8 Å². The lowest BCUT2D eigenvalue weighted by Crippen LogP contribution is -2.47. The molecule has 1 aliphatic rings. The Morgan fingerprint density at radius 3 is 2.53 bits per heavy atom. The van der Waals surface area contributed by atoms with Crippen LogP contribution in [0.15, 0.2) is 12.7 Å². The Kier molecular flexibility index (Phi) is 2.51. The van der Waals surface area contributed by atoms with E-state index in [-0.39, 0.29) is 17.0 Å². The van der Waals surface area contributed by atoms with Crippen LogP contribution < -0.4 is 5.73 Å².